The van der Waals surface area contributed by atoms with Crippen LogP contribution in [0, 0.1) is 0 Å². The lowest BCUT2D eigenvalue weighted by atomic mass is 9.95. The summed E-state index contributed by atoms with van der Waals surface area (Å²) in [5.74, 6) is 1.97. The summed E-state index contributed by atoms with van der Waals surface area (Å²) >= 11 is 0. The van der Waals surface area contributed by atoms with Crippen LogP contribution in [0.3, 0.4) is 0 Å². The molecule has 37 heavy (non-hydrogen) atoms. The Morgan fingerprint density at radius 1 is 0.324 bits per heavy atom. The first-order valence-corrected chi connectivity index (χ1v) is 12.4. The molecule has 6 rings (SSSR count). The quantitative estimate of drug-likeness (QED) is 0.270. The molecule has 0 atom stereocenters. The Morgan fingerprint density at radius 3 is 1.16 bits per heavy atom. The summed E-state index contributed by atoms with van der Waals surface area (Å²) in [6, 6.07) is 45.8. The van der Waals surface area contributed by atoms with Gasteiger partial charge in [-0.15, -0.1) is 0 Å². The van der Waals surface area contributed by atoms with Crippen molar-refractivity contribution in [1.82, 2.24) is 15.0 Å². The van der Waals surface area contributed by atoms with Crippen molar-refractivity contribution in [1.29, 1.82) is 0 Å². The average Bonchev–Trinajstić information content (AvgIpc) is 2.98. The molecule has 0 N–H and O–H groups in total. The van der Waals surface area contributed by atoms with Gasteiger partial charge >= 0.3 is 0 Å². The van der Waals surface area contributed by atoms with Crippen LogP contribution < -0.4 is 5.46 Å². The van der Waals surface area contributed by atoms with E-state index in [0.717, 1.165) is 38.9 Å². The van der Waals surface area contributed by atoms with Gasteiger partial charge in [-0.05, 0) is 34.4 Å². The Hall–Kier alpha value is -4.83. The van der Waals surface area contributed by atoms with Crippen molar-refractivity contribution in [2.24, 2.45) is 0 Å². The lowest BCUT2D eigenvalue weighted by molar-refractivity contribution is 1.07. The molecular weight excluding hydrogens is 449 g/mol. The van der Waals surface area contributed by atoms with Crippen molar-refractivity contribution >= 4 is 13.3 Å². The molecule has 174 valence electrons. The van der Waals surface area contributed by atoms with E-state index < -0.39 is 0 Å². The van der Waals surface area contributed by atoms with E-state index >= 15 is 0 Å². The van der Waals surface area contributed by atoms with Gasteiger partial charge in [-0.2, -0.15) is 0 Å². The monoisotopic (exact) mass is 473 g/mol. The first kappa shape index (κ1) is 22.6. The van der Waals surface area contributed by atoms with Crippen LogP contribution in [0.2, 0.25) is 0 Å². The minimum Gasteiger partial charge on any atom is -0.208 e. The molecule has 3 nitrogen and oxygen atoms in total. The minimum absolute atomic E-state index is 0.656. The van der Waals surface area contributed by atoms with E-state index in [9.17, 15) is 0 Å². The molecule has 4 heteroatoms. The van der Waals surface area contributed by atoms with Gasteiger partial charge in [0.25, 0.3) is 0 Å². The smallest absolute Gasteiger partial charge is 0.164 e. The first-order chi connectivity index (χ1) is 18.2. The Bertz CT molecular complexity index is 1560. The molecule has 1 aromatic heterocycles. The van der Waals surface area contributed by atoms with Crippen molar-refractivity contribution in [2.45, 2.75) is 0 Å². The highest BCUT2D eigenvalue weighted by molar-refractivity contribution is 6.32. The molecule has 0 aliphatic heterocycles. The molecule has 0 amide bonds. The Morgan fingerprint density at radius 2 is 0.703 bits per heavy atom. The third kappa shape index (κ3) is 4.96. The second-order valence-corrected chi connectivity index (χ2v) is 9.07. The zero-order valence-corrected chi connectivity index (χ0v) is 20.5. The van der Waals surface area contributed by atoms with Crippen LogP contribution in [0.1, 0.15) is 0 Å². The second kappa shape index (κ2) is 10.0. The Kier molecular flexibility index (Phi) is 6.14. The van der Waals surface area contributed by atoms with Crippen molar-refractivity contribution in [3.63, 3.8) is 0 Å². The van der Waals surface area contributed by atoms with Gasteiger partial charge in [0.2, 0.25) is 0 Å². The fourth-order valence-corrected chi connectivity index (χ4v) is 4.40. The normalized spacial score (nSPS) is 10.8. The van der Waals surface area contributed by atoms with E-state index in [1.165, 1.54) is 5.46 Å². The van der Waals surface area contributed by atoms with Gasteiger partial charge in [-0.25, -0.2) is 15.0 Å². The van der Waals surface area contributed by atoms with Crippen molar-refractivity contribution in [2.75, 3.05) is 0 Å². The number of rotatable bonds is 5. The zero-order valence-electron chi connectivity index (χ0n) is 20.5. The van der Waals surface area contributed by atoms with Gasteiger partial charge in [0.15, 0.2) is 17.5 Å². The lowest BCUT2D eigenvalue weighted by Gasteiger charge is -2.11. The fourth-order valence-electron chi connectivity index (χ4n) is 4.40. The average molecular weight is 473 g/mol. The molecule has 0 spiro atoms. The molecule has 0 fully saturated rings. The Balaban J connectivity index is 1.50. The van der Waals surface area contributed by atoms with E-state index in [2.05, 4.69) is 129 Å². The predicted molar refractivity (Wildman–Crippen MR) is 155 cm³/mol. The van der Waals surface area contributed by atoms with Crippen molar-refractivity contribution < 1.29 is 0 Å². The van der Waals surface area contributed by atoms with Crippen LogP contribution >= 0.6 is 0 Å². The number of nitrogens with zero attached hydrogens (tertiary/aromatic N) is 3. The SMILES string of the molecule is Bc1ccc(-c2nc(-c3cccc(-c4ccccc4)c3)nc(-c3cccc(-c4ccccc4)c3)n2)cc1. The highest BCUT2D eigenvalue weighted by Gasteiger charge is 2.13. The summed E-state index contributed by atoms with van der Waals surface area (Å²) in [6.45, 7) is 0. The molecule has 0 saturated carbocycles. The highest BCUT2D eigenvalue weighted by atomic mass is 15.0. The van der Waals surface area contributed by atoms with Gasteiger partial charge in [0.1, 0.15) is 7.85 Å². The van der Waals surface area contributed by atoms with Crippen LogP contribution in [-0.2, 0) is 0 Å². The highest BCUT2D eigenvalue weighted by Crippen LogP contribution is 2.29. The molecule has 0 saturated heterocycles. The first-order valence-electron chi connectivity index (χ1n) is 12.4. The number of hydrogen-bond acceptors (Lipinski definition) is 3. The molecule has 5 aromatic carbocycles. The summed E-state index contributed by atoms with van der Waals surface area (Å²) in [5, 5.41) is 0. The summed E-state index contributed by atoms with van der Waals surface area (Å²) in [6.07, 6.45) is 0. The molecule has 0 aliphatic rings. The molecule has 6 aromatic rings. The maximum Gasteiger partial charge on any atom is 0.164 e. The van der Waals surface area contributed by atoms with Crippen LogP contribution in [0.15, 0.2) is 133 Å². The topological polar surface area (TPSA) is 38.7 Å². The molecule has 1 heterocycles. The molecule has 0 bridgehead atoms. The van der Waals surface area contributed by atoms with Gasteiger partial charge in [-0.3, -0.25) is 0 Å². The van der Waals surface area contributed by atoms with Gasteiger partial charge < -0.3 is 0 Å². The molecule has 0 unspecified atom stereocenters. The van der Waals surface area contributed by atoms with E-state index in [4.69, 9.17) is 15.0 Å². The van der Waals surface area contributed by atoms with E-state index in [-0.39, 0.29) is 0 Å². The van der Waals surface area contributed by atoms with Crippen LogP contribution in [-0.4, -0.2) is 22.8 Å². The molecular formula is C33H24BN3. The van der Waals surface area contributed by atoms with Crippen molar-refractivity contribution in [3.05, 3.63) is 133 Å². The maximum absolute atomic E-state index is 4.96. The third-order valence-electron chi connectivity index (χ3n) is 6.40. The van der Waals surface area contributed by atoms with Crippen LogP contribution in [0.4, 0.5) is 0 Å². The van der Waals surface area contributed by atoms with Gasteiger partial charge in [0, 0.05) is 16.7 Å². The van der Waals surface area contributed by atoms with E-state index in [1.807, 2.05) is 12.1 Å². The zero-order chi connectivity index (χ0) is 25.0. The minimum atomic E-state index is 0.656. The molecule has 0 radical (unpaired) electrons. The number of hydrogen-bond donors (Lipinski definition) is 0. The number of aromatic nitrogens is 3. The summed E-state index contributed by atoms with van der Waals surface area (Å²) < 4.78 is 0. The second-order valence-electron chi connectivity index (χ2n) is 9.07. The standard InChI is InChI=1S/C33H24BN3/c34-30-19-17-25(18-20-30)31-35-32(28-15-7-13-26(21-28)23-9-3-1-4-10-23)37-33(36-31)29-16-8-14-27(22-29)24-11-5-2-6-12-24/h1-22H,34H2. The maximum atomic E-state index is 4.96. The lowest BCUT2D eigenvalue weighted by Crippen LogP contribution is -2.03. The summed E-state index contributed by atoms with van der Waals surface area (Å²) in [5.41, 5.74) is 8.65. The van der Waals surface area contributed by atoms with E-state index in [1.54, 1.807) is 0 Å². The van der Waals surface area contributed by atoms with Crippen molar-refractivity contribution in [3.8, 4) is 56.4 Å². The summed E-state index contributed by atoms with van der Waals surface area (Å²) in [7, 11) is 2.08. The summed E-state index contributed by atoms with van der Waals surface area (Å²) in [4.78, 5) is 14.8. The van der Waals surface area contributed by atoms with Gasteiger partial charge in [0.05, 0.1) is 0 Å². The van der Waals surface area contributed by atoms with E-state index in [0.29, 0.717) is 17.5 Å². The fraction of sp³-hybridized carbons (Fsp3) is 0. The predicted octanol–water partition coefficient (Wildman–Crippen LogP) is 6.47. The Labute approximate surface area is 218 Å². The third-order valence-corrected chi connectivity index (χ3v) is 6.40. The number of benzene rings is 5. The van der Waals surface area contributed by atoms with Gasteiger partial charge in [-0.1, -0.05) is 127 Å². The van der Waals surface area contributed by atoms with Crippen LogP contribution in [0.5, 0.6) is 0 Å². The molecule has 0 aliphatic carbocycles. The van der Waals surface area contributed by atoms with Crippen LogP contribution in [0.25, 0.3) is 56.4 Å². The largest absolute Gasteiger partial charge is 0.208 e.